The number of nitrogens with zero attached hydrogens (tertiary/aromatic N) is 2. The molecule has 2 aromatic carbocycles. The Bertz CT molecular complexity index is 852. The van der Waals surface area contributed by atoms with E-state index < -0.39 is 6.10 Å². The van der Waals surface area contributed by atoms with Gasteiger partial charge in [0.25, 0.3) is 5.91 Å². The summed E-state index contributed by atoms with van der Waals surface area (Å²) in [5.41, 5.74) is 3.03. The fourth-order valence-corrected chi connectivity index (χ4v) is 3.60. The van der Waals surface area contributed by atoms with Crippen molar-refractivity contribution in [2.75, 3.05) is 36.5 Å². The van der Waals surface area contributed by atoms with E-state index in [0.29, 0.717) is 18.8 Å². The van der Waals surface area contributed by atoms with Gasteiger partial charge in [-0.15, -0.1) is 0 Å². The molecule has 2 heterocycles. The molecule has 0 bridgehead atoms. The number of benzene rings is 2. The molecule has 6 nitrogen and oxygen atoms in total. The van der Waals surface area contributed by atoms with Crippen molar-refractivity contribution >= 4 is 23.2 Å². The Morgan fingerprint density at radius 1 is 1.12 bits per heavy atom. The fraction of sp³-hybridized carbons (Fsp3) is 0.300. The van der Waals surface area contributed by atoms with Gasteiger partial charge >= 0.3 is 0 Å². The number of carbonyl (C=O) groups excluding carboxylic acids is 2. The zero-order chi connectivity index (χ0) is 18.1. The summed E-state index contributed by atoms with van der Waals surface area (Å²) in [6.07, 6.45) is 0.246. The highest BCUT2D eigenvalue weighted by Gasteiger charge is 2.33. The first-order chi connectivity index (χ1) is 12.7. The van der Waals surface area contributed by atoms with Crippen LogP contribution in [0.2, 0.25) is 0 Å². The minimum absolute atomic E-state index is 0.0299. The fourth-order valence-electron chi connectivity index (χ4n) is 3.60. The van der Waals surface area contributed by atoms with E-state index in [2.05, 4.69) is 11.4 Å². The Morgan fingerprint density at radius 2 is 1.85 bits per heavy atom. The minimum Gasteiger partial charge on any atom is -0.477 e. The molecular weight excluding hydrogens is 330 g/mol. The van der Waals surface area contributed by atoms with Crippen molar-refractivity contribution in [2.45, 2.75) is 12.5 Å². The molecule has 0 saturated heterocycles. The second-order valence-corrected chi connectivity index (χ2v) is 6.49. The zero-order valence-electron chi connectivity index (χ0n) is 14.6. The van der Waals surface area contributed by atoms with Crippen molar-refractivity contribution in [2.24, 2.45) is 0 Å². The summed E-state index contributed by atoms with van der Waals surface area (Å²) in [6, 6.07) is 15.5. The third kappa shape index (κ3) is 2.87. The lowest BCUT2D eigenvalue weighted by atomic mass is 10.1. The van der Waals surface area contributed by atoms with Gasteiger partial charge < -0.3 is 19.9 Å². The molecule has 0 spiro atoms. The van der Waals surface area contributed by atoms with Gasteiger partial charge in [0.1, 0.15) is 5.75 Å². The lowest BCUT2D eigenvalue weighted by Crippen LogP contribution is -2.51. The Morgan fingerprint density at radius 3 is 2.65 bits per heavy atom. The van der Waals surface area contributed by atoms with Gasteiger partial charge in [0.05, 0.1) is 18.8 Å². The first-order valence-corrected chi connectivity index (χ1v) is 8.78. The molecular formula is C20H21N3O3. The number of nitrogens with one attached hydrogen (secondary N) is 1. The number of fused-ring (bicyclic) bond motifs is 2. The number of likely N-dealkylation sites (N-methyl/N-ethyl adjacent to an activating group) is 1. The molecule has 1 N–H and O–H groups in total. The summed E-state index contributed by atoms with van der Waals surface area (Å²) in [7, 11) is 1.59. The second-order valence-electron chi connectivity index (χ2n) is 6.49. The number of amides is 2. The molecule has 2 aliphatic rings. The van der Waals surface area contributed by atoms with Crippen LogP contribution in [0.15, 0.2) is 48.5 Å². The topological polar surface area (TPSA) is 61.9 Å². The summed E-state index contributed by atoms with van der Waals surface area (Å²) < 4.78 is 5.80. The van der Waals surface area contributed by atoms with Gasteiger partial charge in [-0.05, 0) is 30.2 Å². The summed E-state index contributed by atoms with van der Waals surface area (Å²) in [6.45, 7) is 1.25. The number of hydrogen-bond donors (Lipinski definition) is 1. The monoisotopic (exact) mass is 351 g/mol. The first kappa shape index (κ1) is 16.4. The van der Waals surface area contributed by atoms with Gasteiger partial charge in [-0.25, -0.2) is 0 Å². The molecule has 6 heteroatoms. The molecule has 1 atom stereocenters. The molecule has 0 aromatic heterocycles. The summed E-state index contributed by atoms with van der Waals surface area (Å²) in [5, 5.41) is 2.62. The van der Waals surface area contributed by atoms with Crippen LogP contribution in [0.5, 0.6) is 5.75 Å². The average Bonchev–Trinajstić information content (AvgIpc) is 3.11. The van der Waals surface area contributed by atoms with Crippen molar-refractivity contribution in [1.82, 2.24) is 5.32 Å². The largest absolute Gasteiger partial charge is 0.477 e. The van der Waals surface area contributed by atoms with Crippen LogP contribution in [0, 0.1) is 0 Å². The summed E-state index contributed by atoms with van der Waals surface area (Å²) >= 11 is 0. The van der Waals surface area contributed by atoms with E-state index in [1.54, 1.807) is 7.05 Å². The molecule has 0 fully saturated rings. The number of para-hydroxylation sites is 3. The number of ether oxygens (including phenoxy) is 1. The van der Waals surface area contributed by atoms with E-state index in [-0.39, 0.29) is 18.4 Å². The highest BCUT2D eigenvalue weighted by Crippen LogP contribution is 2.34. The molecule has 0 saturated carbocycles. The van der Waals surface area contributed by atoms with E-state index in [1.807, 2.05) is 52.3 Å². The van der Waals surface area contributed by atoms with Gasteiger partial charge in [-0.3, -0.25) is 9.59 Å². The van der Waals surface area contributed by atoms with Crippen molar-refractivity contribution in [1.29, 1.82) is 0 Å². The van der Waals surface area contributed by atoms with Crippen LogP contribution in [0.4, 0.5) is 11.4 Å². The first-order valence-electron chi connectivity index (χ1n) is 8.78. The molecule has 4 rings (SSSR count). The van der Waals surface area contributed by atoms with Crippen LogP contribution in [-0.4, -0.2) is 44.6 Å². The minimum atomic E-state index is -0.631. The van der Waals surface area contributed by atoms with E-state index in [1.165, 1.54) is 5.56 Å². The zero-order valence-corrected chi connectivity index (χ0v) is 14.6. The maximum absolute atomic E-state index is 13.0. The van der Waals surface area contributed by atoms with Crippen LogP contribution < -0.4 is 19.9 Å². The predicted molar refractivity (Wildman–Crippen MR) is 99.6 cm³/mol. The smallest absolute Gasteiger partial charge is 0.262 e. The predicted octanol–water partition coefficient (Wildman–Crippen LogP) is 1.59. The van der Waals surface area contributed by atoms with Crippen LogP contribution in [0.25, 0.3) is 0 Å². The highest BCUT2D eigenvalue weighted by atomic mass is 16.5. The van der Waals surface area contributed by atoms with E-state index in [9.17, 15) is 9.59 Å². The van der Waals surface area contributed by atoms with Gasteiger partial charge in [-0.2, -0.15) is 0 Å². The van der Waals surface area contributed by atoms with Crippen molar-refractivity contribution < 1.29 is 14.3 Å². The Hall–Kier alpha value is -3.02. The Balaban J connectivity index is 1.57. The molecule has 2 amide bonds. The van der Waals surface area contributed by atoms with E-state index in [4.69, 9.17) is 4.74 Å². The number of anilines is 2. The second kappa shape index (κ2) is 6.71. The Kier molecular flexibility index (Phi) is 4.24. The van der Waals surface area contributed by atoms with Crippen LogP contribution in [-0.2, 0) is 16.0 Å². The molecule has 26 heavy (non-hydrogen) atoms. The number of hydrogen-bond acceptors (Lipinski definition) is 4. The molecule has 0 aliphatic carbocycles. The summed E-state index contributed by atoms with van der Waals surface area (Å²) in [4.78, 5) is 28.8. The third-order valence-corrected chi connectivity index (χ3v) is 4.91. The standard InChI is InChI=1S/C20H21N3O3/c1-21-20(25)18-12-22(16-8-4-5-9-17(16)26-18)13-19(24)23-11-10-14-6-2-3-7-15(14)23/h2-9,18H,10-13H2,1H3,(H,21,25). The van der Waals surface area contributed by atoms with Crippen molar-refractivity contribution in [3.8, 4) is 5.75 Å². The summed E-state index contributed by atoms with van der Waals surface area (Å²) in [5.74, 6) is 0.466. The lowest BCUT2D eigenvalue weighted by molar-refractivity contribution is -0.127. The van der Waals surface area contributed by atoms with Crippen LogP contribution in [0.1, 0.15) is 5.56 Å². The van der Waals surface area contributed by atoms with Gasteiger partial charge in [-0.1, -0.05) is 30.3 Å². The Labute approximate surface area is 152 Å². The molecule has 2 aliphatic heterocycles. The quantitative estimate of drug-likeness (QED) is 0.912. The number of carbonyl (C=O) groups is 2. The molecule has 2 aromatic rings. The average molecular weight is 351 g/mol. The highest BCUT2D eigenvalue weighted by molar-refractivity contribution is 5.98. The maximum atomic E-state index is 13.0. The normalized spacial score (nSPS) is 18.0. The van der Waals surface area contributed by atoms with Crippen LogP contribution >= 0.6 is 0 Å². The maximum Gasteiger partial charge on any atom is 0.262 e. The lowest BCUT2D eigenvalue weighted by Gasteiger charge is -2.35. The van der Waals surface area contributed by atoms with Gasteiger partial charge in [0.15, 0.2) is 6.10 Å². The molecule has 134 valence electrons. The number of rotatable bonds is 3. The van der Waals surface area contributed by atoms with Gasteiger partial charge in [0.2, 0.25) is 5.91 Å². The van der Waals surface area contributed by atoms with E-state index >= 15 is 0 Å². The molecule has 1 unspecified atom stereocenters. The van der Waals surface area contributed by atoms with E-state index in [0.717, 1.165) is 17.8 Å². The third-order valence-electron chi connectivity index (χ3n) is 4.91. The van der Waals surface area contributed by atoms with Crippen molar-refractivity contribution in [3.63, 3.8) is 0 Å². The SMILES string of the molecule is CNC(=O)C1CN(CC(=O)N2CCc3ccccc32)c2ccccc2O1. The van der Waals surface area contributed by atoms with Gasteiger partial charge in [0, 0.05) is 19.3 Å². The van der Waals surface area contributed by atoms with Crippen LogP contribution in [0.3, 0.4) is 0 Å². The van der Waals surface area contributed by atoms with Crippen molar-refractivity contribution in [3.05, 3.63) is 54.1 Å². The molecule has 0 radical (unpaired) electrons.